The Morgan fingerprint density at radius 1 is 1.21 bits per heavy atom. The van der Waals surface area contributed by atoms with E-state index in [1.165, 1.54) is 32.5 Å². The van der Waals surface area contributed by atoms with E-state index < -0.39 is 0 Å². The quantitative estimate of drug-likeness (QED) is 0.715. The second-order valence-electron chi connectivity index (χ2n) is 6.23. The van der Waals surface area contributed by atoms with Crippen LogP contribution >= 0.6 is 11.3 Å². The highest BCUT2D eigenvalue weighted by molar-refractivity contribution is 7.16. The van der Waals surface area contributed by atoms with Crippen LogP contribution in [-0.2, 0) is 19.5 Å². The first-order valence-electron chi connectivity index (χ1n) is 8.09. The van der Waals surface area contributed by atoms with Crippen LogP contribution in [0.2, 0.25) is 0 Å². The highest BCUT2D eigenvalue weighted by Gasteiger charge is 2.10. The van der Waals surface area contributed by atoms with Gasteiger partial charge >= 0.3 is 0 Å². The van der Waals surface area contributed by atoms with Crippen LogP contribution in [0.3, 0.4) is 0 Å². The van der Waals surface area contributed by atoms with Crippen molar-refractivity contribution in [3.05, 3.63) is 62.0 Å². The lowest BCUT2D eigenvalue weighted by Gasteiger charge is -2.17. The van der Waals surface area contributed by atoms with Crippen LogP contribution in [0.1, 0.15) is 34.3 Å². The minimum atomic E-state index is -0.106. The molecule has 0 N–H and O–H groups in total. The van der Waals surface area contributed by atoms with Gasteiger partial charge in [-0.1, -0.05) is 42.0 Å². The minimum Gasteiger partial charge on any atom is -0.296 e. The third-order valence-corrected chi connectivity index (χ3v) is 5.07. The second-order valence-corrected chi connectivity index (χ2v) is 7.27. The SMILES string of the molecule is CCc1nn2c(=O)cc(CN(C)Cc3ccc(C)cc3C)nc2s1. The lowest BCUT2D eigenvalue weighted by Crippen LogP contribution is -2.22. The molecule has 0 fully saturated rings. The molecule has 6 heteroatoms. The van der Waals surface area contributed by atoms with Crippen LogP contribution in [0.15, 0.2) is 29.1 Å². The van der Waals surface area contributed by atoms with Crippen LogP contribution < -0.4 is 5.56 Å². The second kappa shape index (κ2) is 6.83. The van der Waals surface area contributed by atoms with Crippen LogP contribution in [0, 0.1) is 13.8 Å². The molecule has 0 unspecified atom stereocenters. The van der Waals surface area contributed by atoms with Crippen molar-refractivity contribution in [2.45, 2.75) is 40.3 Å². The van der Waals surface area contributed by atoms with Crippen molar-refractivity contribution in [3.8, 4) is 0 Å². The summed E-state index contributed by atoms with van der Waals surface area (Å²) in [7, 11) is 2.05. The van der Waals surface area contributed by atoms with Crippen LogP contribution in [0.4, 0.5) is 0 Å². The van der Waals surface area contributed by atoms with Gasteiger partial charge in [0.15, 0.2) is 0 Å². The van der Waals surface area contributed by atoms with Gasteiger partial charge in [0, 0.05) is 19.2 Å². The Kier molecular flexibility index (Phi) is 4.78. The van der Waals surface area contributed by atoms with Gasteiger partial charge in [0.05, 0.1) is 5.69 Å². The molecule has 2 heterocycles. The van der Waals surface area contributed by atoms with Crippen molar-refractivity contribution in [1.29, 1.82) is 0 Å². The zero-order chi connectivity index (χ0) is 17.3. The number of aromatic nitrogens is 3. The van der Waals surface area contributed by atoms with E-state index in [2.05, 4.69) is 47.0 Å². The Morgan fingerprint density at radius 3 is 2.71 bits per heavy atom. The first-order chi connectivity index (χ1) is 11.5. The number of fused-ring (bicyclic) bond motifs is 1. The summed E-state index contributed by atoms with van der Waals surface area (Å²) in [6, 6.07) is 8.09. The Morgan fingerprint density at radius 2 is 2.00 bits per heavy atom. The van der Waals surface area contributed by atoms with E-state index in [1.807, 2.05) is 14.0 Å². The molecule has 0 saturated heterocycles. The fourth-order valence-corrected chi connectivity index (χ4v) is 3.62. The third-order valence-electron chi connectivity index (χ3n) is 4.01. The van der Waals surface area contributed by atoms with Crippen LogP contribution in [-0.4, -0.2) is 26.5 Å². The van der Waals surface area contributed by atoms with E-state index in [0.717, 1.165) is 23.7 Å². The Hall–Kier alpha value is -2.05. The molecule has 3 rings (SSSR count). The summed E-state index contributed by atoms with van der Waals surface area (Å²) in [6.45, 7) is 7.74. The predicted molar refractivity (Wildman–Crippen MR) is 97.6 cm³/mol. The van der Waals surface area contributed by atoms with Crippen molar-refractivity contribution in [1.82, 2.24) is 19.5 Å². The highest BCUT2D eigenvalue weighted by Crippen LogP contribution is 2.15. The molecule has 0 radical (unpaired) electrons. The Balaban J connectivity index is 1.79. The van der Waals surface area contributed by atoms with Crippen molar-refractivity contribution in [2.75, 3.05) is 7.05 Å². The molecule has 0 saturated carbocycles. The van der Waals surface area contributed by atoms with Gasteiger partial charge in [-0.25, -0.2) is 4.98 Å². The fraction of sp³-hybridized carbons (Fsp3) is 0.389. The zero-order valence-electron chi connectivity index (χ0n) is 14.5. The van der Waals surface area contributed by atoms with E-state index >= 15 is 0 Å². The summed E-state index contributed by atoms with van der Waals surface area (Å²) in [5, 5.41) is 5.22. The summed E-state index contributed by atoms with van der Waals surface area (Å²) in [6.07, 6.45) is 0.815. The molecule has 3 aromatic rings. The lowest BCUT2D eigenvalue weighted by atomic mass is 10.1. The largest absolute Gasteiger partial charge is 0.296 e. The summed E-state index contributed by atoms with van der Waals surface area (Å²) in [4.78, 5) is 19.7. The summed E-state index contributed by atoms with van der Waals surface area (Å²) < 4.78 is 1.40. The van der Waals surface area contributed by atoms with Crippen molar-refractivity contribution in [2.24, 2.45) is 0 Å². The van der Waals surface area contributed by atoms with Crippen molar-refractivity contribution < 1.29 is 0 Å². The van der Waals surface area contributed by atoms with Gasteiger partial charge in [0.1, 0.15) is 5.01 Å². The first kappa shape index (κ1) is 16.8. The molecule has 0 spiro atoms. The molecule has 5 nitrogen and oxygen atoms in total. The molecule has 0 atom stereocenters. The minimum absolute atomic E-state index is 0.106. The molecule has 2 aromatic heterocycles. The lowest BCUT2D eigenvalue weighted by molar-refractivity contribution is 0.314. The average Bonchev–Trinajstić information content (AvgIpc) is 2.94. The number of hydrogen-bond donors (Lipinski definition) is 0. The highest BCUT2D eigenvalue weighted by atomic mass is 32.1. The third kappa shape index (κ3) is 3.55. The van der Waals surface area contributed by atoms with Crippen molar-refractivity contribution in [3.63, 3.8) is 0 Å². The molecule has 0 amide bonds. The van der Waals surface area contributed by atoms with Crippen LogP contribution in [0.5, 0.6) is 0 Å². The number of aryl methyl sites for hydroxylation is 3. The maximum atomic E-state index is 12.2. The van der Waals surface area contributed by atoms with Gasteiger partial charge in [-0.15, -0.1) is 0 Å². The normalized spacial score (nSPS) is 11.5. The van der Waals surface area contributed by atoms with E-state index in [-0.39, 0.29) is 5.56 Å². The van der Waals surface area contributed by atoms with Gasteiger partial charge in [0.2, 0.25) is 4.96 Å². The summed E-state index contributed by atoms with van der Waals surface area (Å²) in [5.74, 6) is 0. The number of hydrogen-bond acceptors (Lipinski definition) is 5. The predicted octanol–water partition coefficient (Wildman–Crippen LogP) is 2.96. The number of nitrogens with zero attached hydrogens (tertiary/aromatic N) is 4. The molecule has 0 aliphatic rings. The van der Waals surface area contributed by atoms with E-state index in [9.17, 15) is 4.79 Å². The number of rotatable bonds is 5. The van der Waals surface area contributed by atoms with Gasteiger partial charge in [-0.3, -0.25) is 9.69 Å². The van der Waals surface area contributed by atoms with E-state index in [4.69, 9.17) is 0 Å². The maximum Gasteiger partial charge on any atom is 0.275 e. The summed E-state index contributed by atoms with van der Waals surface area (Å²) in [5.41, 5.74) is 4.55. The topological polar surface area (TPSA) is 50.5 Å². The van der Waals surface area contributed by atoms with E-state index in [0.29, 0.717) is 11.5 Å². The van der Waals surface area contributed by atoms with E-state index in [1.54, 1.807) is 6.07 Å². The van der Waals surface area contributed by atoms with Gasteiger partial charge in [0.25, 0.3) is 5.56 Å². The molecular weight excluding hydrogens is 320 g/mol. The van der Waals surface area contributed by atoms with Gasteiger partial charge in [-0.2, -0.15) is 9.61 Å². The summed E-state index contributed by atoms with van der Waals surface area (Å²) >= 11 is 1.48. The maximum absolute atomic E-state index is 12.2. The fourth-order valence-electron chi connectivity index (χ4n) is 2.77. The Labute approximate surface area is 145 Å². The Bertz CT molecular complexity index is 928. The van der Waals surface area contributed by atoms with Gasteiger partial charge < -0.3 is 0 Å². The molecule has 0 aliphatic heterocycles. The van der Waals surface area contributed by atoms with Crippen LogP contribution in [0.25, 0.3) is 4.96 Å². The first-order valence-corrected chi connectivity index (χ1v) is 8.91. The average molecular weight is 342 g/mol. The zero-order valence-corrected chi connectivity index (χ0v) is 15.4. The molecule has 126 valence electrons. The molecule has 0 bridgehead atoms. The standard InChI is InChI=1S/C18H22N4OS/c1-5-16-20-22-17(23)9-15(19-18(22)24-16)11-21(4)10-14-7-6-12(2)8-13(14)3/h6-9H,5,10-11H2,1-4H3. The van der Waals surface area contributed by atoms with Crippen molar-refractivity contribution >= 4 is 16.3 Å². The molecular formula is C18H22N4OS. The molecule has 1 aromatic carbocycles. The monoisotopic (exact) mass is 342 g/mol. The molecule has 24 heavy (non-hydrogen) atoms. The smallest absolute Gasteiger partial charge is 0.275 e. The number of benzene rings is 1. The molecule has 0 aliphatic carbocycles. The van der Waals surface area contributed by atoms with Gasteiger partial charge in [-0.05, 0) is 38.4 Å².